The van der Waals surface area contributed by atoms with Crippen LogP contribution in [-0.2, 0) is 31.0 Å². The molecule has 1 saturated heterocycles. The number of hydrogen-bond acceptors (Lipinski definition) is 6. The van der Waals surface area contributed by atoms with E-state index < -0.39 is 36.4 Å². The minimum atomic E-state index is -1.07. The normalized spacial score (nSPS) is 22.2. The van der Waals surface area contributed by atoms with Crippen molar-refractivity contribution >= 4 is 29.4 Å². The number of aromatic nitrogens is 2. The van der Waals surface area contributed by atoms with Gasteiger partial charge in [0.2, 0.25) is 11.8 Å². The van der Waals surface area contributed by atoms with Gasteiger partial charge in [-0.25, -0.2) is 4.79 Å². The van der Waals surface area contributed by atoms with Gasteiger partial charge in [-0.3, -0.25) is 24.0 Å². The first-order valence-electron chi connectivity index (χ1n) is 9.21. The number of amides is 3. The first kappa shape index (κ1) is 19.8. The molecule has 150 valence electrons. The van der Waals surface area contributed by atoms with Gasteiger partial charge in [0.15, 0.2) is 6.61 Å². The van der Waals surface area contributed by atoms with E-state index in [0.29, 0.717) is 24.2 Å². The number of rotatable bonds is 5. The maximum atomic E-state index is 12.5. The van der Waals surface area contributed by atoms with E-state index in [9.17, 15) is 19.2 Å². The standard InChI is InChI=1S/C19H24N4O5/c1-10-16(11(2)22(4)21-10)20-15(24)9-28-19(27)12(3)23-17(25)13-7-5-6-8-14(13)18(23)26/h5-6,12-14H,7-9H2,1-4H3,(H,20,24)/t12-,13-,14+/m0/s1. The molecule has 0 unspecified atom stereocenters. The highest BCUT2D eigenvalue weighted by Crippen LogP contribution is 2.36. The molecule has 1 aliphatic heterocycles. The van der Waals surface area contributed by atoms with E-state index in [0.717, 1.165) is 10.6 Å². The number of carbonyl (C=O) groups is 4. The molecule has 28 heavy (non-hydrogen) atoms. The third-order valence-corrected chi connectivity index (χ3v) is 5.39. The predicted molar refractivity (Wildman–Crippen MR) is 98.9 cm³/mol. The Morgan fingerprint density at radius 1 is 1.21 bits per heavy atom. The molecule has 0 spiro atoms. The maximum Gasteiger partial charge on any atom is 0.329 e. The summed E-state index contributed by atoms with van der Waals surface area (Å²) in [5, 5.41) is 6.87. The Balaban J connectivity index is 1.58. The molecule has 3 atom stereocenters. The predicted octanol–water partition coefficient (Wildman–Crippen LogP) is 0.858. The molecule has 9 heteroatoms. The molecule has 0 bridgehead atoms. The minimum Gasteiger partial charge on any atom is -0.454 e. The number of nitrogens with one attached hydrogen (secondary N) is 1. The van der Waals surface area contributed by atoms with Gasteiger partial charge in [-0.05, 0) is 33.6 Å². The smallest absolute Gasteiger partial charge is 0.329 e. The van der Waals surface area contributed by atoms with Gasteiger partial charge in [0.25, 0.3) is 5.91 Å². The van der Waals surface area contributed by atoms with E-state index in [1.54, 1.807) is 18.7 Å². The van der Waals surface area contributed by atoms with Crippen LogP contribution in [0.1, 0.15) is 31.2 Å². The molecule has 1 fully saturated rings. The van der Waals surface area contributed by atoms with Crippen molar-refractivity contribution < 1.29 is 23.9 Å². The Labute approximate surface area is 162 Å². The Kier molecular flexibility index (Phi) is 5.35. The van der Waals surface area contributed by atoms with E-state index in [2.05, 4.69) is 10.4 Å². The first-order chi connectivity index (χ1) is 13.2. The summed E-state index contributed by atoms with van der Waals surface area (Å²) in [4.78, 5) is 50.5. The largest absolute Gasteiger partial charge is 0.454 e. The second-order valence-corrected chi connectivity index (χ2v) is 7.20. The van der Waals surface area contributed by atoms with Crippen LogP contribution in [0.25, 0.3) is 0 Å². The lowest BCUT2D eigenvalue weighted by atomic mass is 9.85. The summed E-state index contributed by atoms with van der Waals surface area (Å²) in [7, 11) is 1.76. The number of esters is 1. The highest BCUT2D eigenvalue weighted by atomic mass is 16.5. The fourth-order valence-corrected chi connectivity index (χ4v) is 3.70. The van der Waals surface area contributed by atoms with Crippen LogP contribution in [0.15, 0.2) is 12.2 Å². The third-order valence-electron chi connectivity index (χ3n) is 5.39. The summed E-state index contributed by atoms with van der Waals surface area (Å²) in [5.41, 5.74) is 1.99. The molecule has 2 aliphatic rings. The van der Waals surface area contributed by atoms with Crippen LogP contribution in [-0.4, -0.2) is 51.0 Å². The van der Waals surface area contributed by atoms with Crippen molar-refractivity contribution in [2.75, 3.05) is 11.9 Å². The number of nitrogens with zero attached hydrogens (tertiary/aromatic N) is 3. The quantitative estimate of drug-likeness (QED) is 0.455. The number of anilines is 1. The molecule has 2 heterocycles. The van der Waals surface area contributed by atoms with E-state index in [1.165, 1.54) is 6.92 Å². The van der Waals surface area contributed by atoms with Crippen molar-refractivity contribution in [3.05, 3.63) is 23.5 Å². The first-order valence-corrected chi connectivity index (χ1v) is 9.21. The number of fused-ring (bicyclic) bond motifs is 1. The second-order valence-electron chi connectivity index (χ2n) is 7.20. The van der Waals surface area contributed by atoms with Crippen LogP contribution in [0, 0.1) is 25.7 Å². The Morgan fingerprint density at radius 3 is 2.29 bits per heavy atom. The topological polar surface area (TPSA) is 111 Å². The van der Waals surface area contributed by atoms with E-state index in [-0.39, 0.29) is 11.8 Å². The average Bonchev–Trinajstić information content (AvgIpc) is 3.06. The van der Waals surface area contributed by atoms with Gasteiger partial charge in [0.1, 0.15) is 6.04 Å². The summed E-state index contributed by atoms with van der Waals surface area (Å²) >= 11 is 0. The van der Waals surface area contributed by atoms with E-state index >= 15 is 0 Å². The zero-order chi connectivity index (χ0) is 20.6. The number of imide groups is 1. The lowest BCUT2D eigenvalue weighted by molar-refractivity contribution is -0.159. The molecule has 0 saturated carbocycles. The molecule has 0 aromatic carbocycles. The number of allylic oxidation sites excluding steroid dienone is 2. The number of aryl methyl sites for hydroxylation is 2. The van der Waals surface area contributed by atoms with Crippen LogP contribution < -0.4 is 5.32 Å². The molecule has 1 N–H and O–H groups in total. The van der Waals surface area contributed by atoms with Gasteiger partial charge in [0, 0.05) is 7.05 Å². The zero-order valence-electron chi connectivity index (χ0n) is 16.4. The number of hydrogen-bond donors (Lipinski definition) is 1. The van der Waals surface area contributed by atoms with Crippen LogP contribution in [0.2, 0.25) is 0 Å². The highest BCUT2D eigenvalue weighted by molar-refractivity contribution is 6.08. The van der Waals surface area contributed by atoms with E-state index in [4.69, 9.17) is 4.74 Å². The monoisotopic (exact) mass is 388 g/mol. The number of ether oxygens (including phenoxy) is 1. The fourth-order valence-electron chi connectivity index (χ4n) is 3.70. The van der Waals surface area contributed by atoms with Crippen LogP contribution in [0.5, 0.6) is 0 Å². The molecule has 9 nitrogen and oxygen atoms in total. The van der Waals surface area contributed by atoms with Crippen molar-refractivity contribution in [3.8, 4) is 0 Å². The van der Waals surface area contributed by atoms with Crippen molar-refractivity contribution in [3.63, 3.8) is 0 Å². The van der Waals surface area contributed by atoms with Crippen molar-refractivity contribution in [2.45, 2.75) is 39.7 Å². The van der Waals surface area contributed by atoms with E-state index in [1.807, 2.05) is 19.1 Å². The molecule has 3 amide bonds. The summed E-state index contributed by atoms with van der Waals surface area (Å²) in [6.07, 6.45) is 4.76. The molecular weight excluding hydrogens is 364 g/mol. The van der Waals surface area contributed by atoms with Crippen molar-refractivity contribution in [2.24, 2.45) is 18.9 Å². The fraction of sp³-hybridized carbons (Fsp3) is 0.526. The van der Waals surface area contributed by atoms with Crippen LogP contribution in [0.4, 0.5) is 5.69 Å². The lowest BCUT2D eigenvalue weighted by Gasteiger charge is -2.21. The molecule has 1 aromatic heterocycles. The molecule has 1 aliphatic carbocycles. The van der Waals surface area contributed by atoms with Gasteiger partial charge >= 0.3 is 5.97 Å². The van der Waals surface area contributed by atoms with Gasteiger partial charge < -0.3 is 10.1 Å². The molecule has 3 rings (SSSR count). The average molecular weight is 388 g/mol. The van der Waals surface area contributed by atoms with Crippen molar-refractivity contribution in [1.29, 1.82) is 0 Å². The van der Waals surface area contributed by atoms with Gasteiger partial charge in [0.05, 0.1) is 28.9 Å². The van der Waals surface area contributed by atoms with Gasteiger partial charge in [-0.1, -0.05) is 12.2 Å². The summed E-state index contributed by atoms with van der Waals surface area (Å²) in [5.74, 6) is -2.83. The number of carbonyl (C=O) groups excluding carboxylic acids is 4. The van der Waals surface area contributed by atoms with Gasteiger partial charge in [-0.2, -0.15) is 5.10 Å². The minimum absolute atomic E-state index is 0.352. The summed E-state index contributed by atoms with van der Waals surface area (Å²) in [6.45, 7) is 4.50. The molecular formula is C19H24N4O5. The summed E-state index contributed by atoms with van der Waals surface area (Å²) in [6, 6.07) is -1.07. The third kappa shape index (κ3) is 3.44. The number of likely N-dealkylation sites (tertiary alicyclic amines) is 1. The van der Waals surface area contributed by atoms with Crippen LogP contribution in [0.3, 0.4) is 0 Å². The van der Waals surface area contributed by atoms with Gasteiger partial charge in [-0.15, -0.1) is 0 Å². The van der Waals surface area contributed by atoms with Crippen molar-refractivity contribution in [1.82, 2.24) is 14.7 Å². The maximum absolute atomic E-state index is 12.5. The highest BCUT2D eigenvalue weighted by Gasteiger charge is 2.50. The Hall–Kier alpha value is -2.97. The summed E-state index contributed by atoms with van der Waals surface area (Å²) < 4.78 is 6.68. The van der Waals surface area contributed by atoms with Crippen LogP contribution >= 0.6 is 0 Å². The second kappa shape index (κ2) is 7.57. The SMILES string of the molecule is Cc1nn(C)c(C)c1NC(=O)COC(=O)[C@H](C)N1C(=O)[C@H]2CC=CC[C@H]2C1=O. The molecule has 0 radical (unpaired) electrons. The molecule has 1 aromatic rings. The Bertz CT molecular complexity index is 846. The zero-order valence-corrected chi connectivity index (χ0v) is 16.4. The lowest BCUT2D eigenvalue weighted by Crippen LogP contribution is -2.45. The Morgan fingerprint density at radius 2 is 1.79 bits per heavy atom.